The minimum atomic E-state index is 0.607. The van der Waals surface area contributed by atoms with Crippen LogP contribution >= 0.6 is 15.9 Å². The van der Waals surface area contributed by atoms with Gasteiger partial charge in [-0.25, -0.2) is 0 Å². The fourth-order valence-corrected chi connectivity index (χ4v) is 2.16. The zero-order chi connectivity index (χ0) is 13.7. The van der Waals surface area contributed by atoms with Gasteiger partial charge >= 0.3 is 0 Å². The number of nitrogen functional groups attached to an aromatic ring is 1. The molecule has 4 heteroatoms. The Balaban J connectivity index is 1.93. The zero-order valence-corrected chi connectivity index (χ0v) is 12.3. The Hall–Kier alpha value is -1.68. The van der Waals surface area contributed by atoms with Gasteiger partial charge in [-0.2, -0.15) is 0 Å². The van der Waals surface area contributed by atoms with Gasteiger partial charge in [0.25, 0.3) is 0 Å². The first-order valence-electron chi connectivity index (χ1n) is 6.00. The Morgan fingerprint density at radius 3 is 2.42 bits per heavy atom. The molecule has 3 nitrogen and oxygen atoms in total. The molecule has 2 N–H and O–H groups in total. The van der Waals surface area contributed by atoms with Crippen LogP contribution in [0, 0.1) is 0 Å². The number of hydrogen-bond donors (Lipinski definition) is 1. The second-order valence-corrected chi connectivity index (χ2v) is 4.98. The summed E-state index contributed by atoms with van der Waals surface area (Å²) in [5, 5.41) is 0. The molecule has 0 heterocycles. The Morgan fingerprint density at radius 1 is 1.05 bits per heavy atom. The van der Waals surface area contributed by atoms with Gasteiger partial charge in [0.15, 0.2) is 0 Å². The fourth-order valence-electron chi connectivity index (χ4n) is 1.71. The van der Waals surface area contributed by atoms with E-state index < -0.39 is 0 Å². The maximum atomic E-state index is 5.68. The maximum absolute atomic E-state index is 5.68. The van der Waals surface area contributed by atoms with Crippen molar-refractivity contribution in [3.05, 3.63) is 52.5 Å². The summed E-state index contributed by atoms with van der Waals surface area (Å²) in [6, 6.07) is 13.3. The summed E-state index contributed by atoms with van der Waals surface area (Å²) in [6.07, 6.45) is 0.808. The summed E-state index contributed by atoms with van der Waals surface area (Å²) in [4.78, 5) is 0. The van der Waals surface area contributed by atoms with Crippen LogP contribution in [0.25, 0.3) is 0 Å². The van der Waals surface area contributed by atoms with Gasteiger partial charge in [-0.3, -0.25) is 0 Å². The lowest BCUT2D eigenvalue weighted by molar-refractivity contribution is 0.321. The molecule has 0 aromatic heterocycles. The van der Waals surface area contributed by atoms with E-state index >= 15 is 0 Å². The molecular formula is C15H16BrNO2. The molecule has 100 valence electrons. The zero-order valence-electron chi connectivity index (χ0n) is 10.7. The third kappa shape index (κ3) is 3.89. The standard InChI is InChI=1S/C15H16BrNO2/c1-18-14-6-7-15(16)11(10-14)8-9-19-13-4-2-12(17)3-5-13/h2-7,10H,8-9,17H2,1H3. The lowest BCUT2D eigenvalue weighted by Gasteiger charge is -2.09. The number of methoxy groups -OCH3 is 1. The van der Waals surface area contributed by atoms with E-state index in [2.05, 4.69) is 15.9 Å². The topological polar surface area (TPSA) is 44.5 Å². The Morgan fingerprint density at radius 2 is 1.74 bits per heavy atom. The van der Waals surface area contributed by atoms with E-state index in [1.807, 2.05) is 42.5 Å². The molecule has 0 spiro atoms. The number of benzene rings is 2. The lowest BCUT2D eigenvalue weighted by atomic mass is 10.1. The van der Waals surface area contributed by atoms with Crippen LogP contribution < -0.4 is 15.2 Å². The van der Waals surface area contributed by atoms with Crippen molar-refractivity contribution in [2.75, 3.05) is 19.5 Å². The van der Waals surface area contributed by atoms with Gasteiger partial charge in [0, 0.05) is 16.6 Å². The second-order valence-electron chi connectivity index (χ2n) is 4.12. The van der Waals surface area contributed by atoms with Crippen molar-refractivity contribution in [3.8, 4) is 11.5 Å². The average Bonchev–Trinajstić information content (AvgIpc) is 2.43. The maximum Gasteiger partial charge on any atom is 0.119 e. The van der Waals surface area contributed by atoms with Crippen molar-refractivity contribution in [1.82, 2.24) is 0 Å². The fraction of sp³-hybridized carbons (Fsp3) is 0.200. The van der Waals surface area contributed by atoms with E-state index in [9.17, 15) is 0 Å². The highest BCUT2D eigenvalue weighted by molar-refractivity contribution is 9.10. The molecule has 0 fully saturated rings. The molecular weight excluding hydrogens is 306 g/mol. The summed E-state index contributed by atoms with van der Waals surface area (Å²) in [6.45, 7) is 0.607. The quantitative estimate of drug-likeness (QED) is 0.855. The Bertz CT molecular complexity index is 540. The van der Waals surface area contributed by atoms with E-state index in [4.69, 9.17) is 15.2 Å². The Labute approximate surface area is 121 Å². The molecule has 0 saturated carbocycles. The molecule has 0 aliphatic carbocycles. The van der Waals surface area contributed by atoms with E-state index in [1.54, 1.807) is 7.11 Å². The van der Waals surface area contributed by atoms with Crippen LogP contribution in [0.4, 0.5) is 5.69 Å². The Kier molecular flexibility index (Phi) is 4.68. The SMILES string of the molecule is COc1ccc(Br)c(CCOc2ccc(N)cc2)c1. The summed E-state index contributed by atoms with van der Waals surface area (Å²) in [7, 11) is 1.66. The number of hydrogen-bond acceptors (Lipinski definition) is 3. The monoisotopic (exact) mass is 321 g/mol. The van der Waals surface area contributed by atoms with Gasteiger partial charge in [-0.15, -0.1) is 0 Å². The highest BCUT2D eigenvalue weighted by Gasteiger charge is 2.03. The van der Waals surface area contributed by atoms with Crippen molar-refractivity contribution >= 4 is 21.6 Å². The summed E-state index contributed by atoms with van der Waals surface area (Å²) in [5.41, 5.74) is 7.52. The molecule has 2 rings (SSSR count). The van der Waals surface area contributed by atoms with Crippen LogP contribution in [0.2, 0.25) is 0 Å². The van der Waals surface area contributed by atoms with Crippen LogP contribution in [0.1, 0.15) is 5.56 Å². The van der Waals surface area contributed by atoms with Crippen molar-refractivity contribution in [2.45, 2.75) is 6.42 Å². The number of halogens is 1. The van der Waals surface area contributed by atoms with Crippen molar-refractivity contribution in [1.29, 1.82) is 0 Å². The van der Waals surface area contributed by atoms with Crippen LogP contribution in [-0.2, 0) is 6.42 Å². The average molecular weight is 322 g/mol. The largest absolute Gasteiger partial charge is 0.497 e. The van der Waals surface area contributed by atoms with Crippen LogP contribution in [0.3, 0.4) is 0 Å². The molecule has 0 radical (unpaired) electrons. The van der Waals surface area contributed by atoms with E-state index in [1.165, 1.54) is 0 Å². The van der Waals surface area contributed by atoms with E-state index in [0.717, 1.165) is 33.6 Å². The molecule has 0 bridgehead atoms. The first-order chi connectivity index (χ1) is 9.19. The van der Waals surface area contributed by atoms with Gasteiger partial charge in [0.2, 0.25) is 0 Å². The van der Waals surface area contributed by atoms with Gasteiger partial charge in [0.1, 0.15) is 11.5 Å². The van der Waals surface area contributed by atoms with Gasteiger partial charge in [0.05, 0.1) is 13.7 Å². The van der Waals surface area contributed by atoms with Crippen molar-refractivity contribution in [3.63, 3.8) is 0 Å². The minimum absolute atomic E-state index is 0.607. The second kappa shape index (κ2) is 6.48. The third-order valence-electron chi connectivity index (χ3n) is 2.77. The molecule has 2 aromatic carbocycles. The summed E-state index contributed by atoms with van der Waals surface area (Å²) < 4.78 is 12.0. The first kappa shape index (κ1) is 13.7. The van der Waals surface area contributed by atoms with Gasteiger partial charge in [-0.1, -0.05) is 15.9 Å². The molecule has 0 aliphatic heterocycles. The van der Waals surface area contributed by atoms with Crippen LogP contribution in [0.5, 0.6) is 11.5 Å². The van der Waals surface area contributed by atoms with Crippen LogP contribution in [0.15, 0.2) is 46.9 Å². The number of anilines is 1. The normalized spacial score (nSPS) is 10.2. The van der Waals surface area contributed by atoms with Gasteiger partial charge < -0.3 is 15.2 Å². The molecule has 0 amide bonds. The predicted octanol–water partition coefficient (Wildman–Crippen LogP) is 3.66. The molecule has 2 aromatic rings. The van der Waals surface area contributed by atoms with Gasteiger partial charge in [-0.05, 0) is 48.0 Å². The van der Waals surface area contributed by atoms with Crippen molar-refractivity contribution < 1.29 is 9.47 Å². The number of nitrogens with two attached hydrogens (primary N) is 1. The molecule has 0 saturated heterocycles. The highest BCUT2D eigenvalue weighted by Crippen LogP contribution is 2.23. The number of rotatable bonds is 5. The van der Waals surface area contributed by atoms with E-state index in [-0.39, 0.29) is 0 Å². The highest BCUT2D eigenvalue weighted by atomic mass is 79.9. The summed E-state index contributed by atoms with van der Waals surface area (Å²) in [5.74, 6) is 1.68. The molecule has 0 aliphatic rings. The lowest BCUT2D eigenvalue weighted by Crippen LogP contribution is -2.02. The summed E-state index contributed by atoms with van der Waals surface area (Å²) >= 11 is 3.53. The molecule has 0 unspecified atom stereocenters. The van der Waals surface area contributed by atoms with E-state index in [0.29, 0.717) is 6.61 Å². The minimum Gasteiger partial charge on any atom is -0.497 e. The van der Waals surface area contributed by atoms with Crippen molar-refractivity contribution in [2.24, 2.45) is 0 Å². The predicted molar refractivity (Wildman–Crippen MR) is 80.7 cm³/mol. The third-order valence-corrected chi connectivity index (χ3v) is 3.55. The first-order valence-corrected chi connectivity index (χ1v) is 6.79. The molecule has 19 heavy (non-hydrogen) atoms. The van der Waals surface area contributed by atoms with Crippen LogP contribution in [-0.4, -0.2) is 13.7 Å². The molecule has 0 atom stereocenters. The number of ether oxygens (including phenoxy) is 2. The smallest absolute Gasteiger partial charge is 0.119 e.